The minimum absolute atomic E-state index is 0.190. The van der Waals surface area contributed by atoms with Gasteiger partial charge in [-0.3, -0.25) is 4.98 Å². The molecule has 0 saturated carbocycles. The van der Waals surface area contributed by atoms with Crippen LogP contribution in [-0.2, 0) is 0 Å². The molecule has 3 heterocycles. The number of pyridine rings is 1. The third kappa shape index (κ3) is 3.56. The molecule has 0 spiro atoms. The highest BCUT2D eigenvalue weighted by Crippen LogP contribution is 2.42. The van der Waals surface area contributed by atoms with Crippen molar-refractivity contribution >= 4 is 23.0 Å². The van der Waals surface area contributed by atoms with Crippen LogP contribution in [0.2, 0.25) is 0 Å². The maximum Gasteiger partial charge on any atom is 0.174 e. The molecule has 1 fully saturated rings. The van der Waals surface area contributed by atoms with E-state index in [1.807, 2.05) is 47.2 Å². The quantitative estimate of drug-likeness (QED) is 0.405. The molecule has 2 atom stereocenters. The molecule has 0 bridgehead atoms. The second-order valence-electron chi connectivity index (χ2n) is 8.10. The van der Waals surface area contributed by atoms with Crippen molar-refractivity contribution in [2.45, 2.75) is 25.9 Å². The van der Waals surface area contributed by atoms with Crippen molar-refractivity contribution < 1.29 is 4.39 Å². The summed E-state index contributed by atoms with van der Waals surface area (Å²) < 4.78 is 16.7. The molecule has 1 saturated heterocycles. The third-order valence-corrected chi connectivity index (χ3v) is 6.09. The zero-order valence-electron chi connectivity index (χ0n) is 17.9. The number of halogens is 1. The molecule has 0 amide bonds. The minimum Gasteiger partial charge on any atom is -0.351 e. The molecule has 4 aromatic rings. The highest BCUT2D eigenvalue weighted by Gasteiger charge is 2.42. The number of anilines is 1. The molecule has 5 rings (SSSR count). The second kappa shape index (κ2) is 8.20. The van der Waals surface area contributed by atoms with Crippen LogP contribution in [0.15, 0.2) is 85.2 Å². The Hall–Kier alpha value is -3.51. The van der Waals surface area contributed by atoms with Gasteiger partial charge >= 0.3 is 0 Å². The summed E-state index contributed by atoms with van der Waals surface area (Å²) in [6.07, 6.45) is 3.68. The summed E-state index contributed by atoms with van der Waals surface area (Å²) in [7, 11) is 0. The minimum atomic E-state index is -0.272. The molecule has 160 valence electrons. The van der Waals surface area contributed by atoms with E-state index in [0.29, 0.717) is 10.8 Å². The van der Waals surface area contributed by atoms with Gasteiger partial charge in [-0.05, 0) is 85.7 Å². The van der Waals surface area contributed by atoms with Crippen LogP contribution in [0.3, 0.4) is 0 Å². The van der Waals surface area contributed by atoms with Crippen molar-refractivity contribution in [1.82, 2.24) is 14.9 Å². The molecule has 2 aromatic heterocycles. The zero-order chi connectivity index (χ0) is 22.2. The van der Waals surface area contributed by atoms with Crippen LogP contribution in [0.5, 0.6) is 0 Å². The van der Waals surface area contributed by atoms with E-state index >= 15 is 0 Å². The number of aryl methyl sites for hydroxylation is 2. The molecule has 1 aliphatic rings. The number of nitrogens with one attached hydrogen (secondary N) is 1. The van der Waals surface area contributed by atoms with Crippen LogP contribution in [0.25, 0.3) is 5.69 Å². The topological polar surface area (TPSA) is 33.1 Å². The normalized spacial score (nSPS) is 18.1. The Morgan fingerprint density at radius 2 is 1.69 bits per heavy atom. The number of nitrogens with zero attached hydrogens (tertiary/aromatic N) is 3. The summed E-state index contributed by atoms with van der Waals surface area (Å²) in [5, 5.41) is 4.10. The van der Waals surface area contributed by atoms with Gasteiger partial charge in [0, 0.05) is 23.8 Å². The van der Waals surface area contributed by atoms with Gasteiger partial charge in [0.1, 0.15) is 11.9 Å². The molecule has 2 aromatic carbocycles. The Labute approximate surface area is 192 Å². The Bertz CT molecular complexity index is 1260. The number of hydrogen-bond donors (Lipinski definition) is 1. The summed E-state index contributed by atoms with van der Waals surface area (Å²) in [6, 6.07) is 22.6. The summed E-state index contributed by atoms with van der Waals surface area (Å²) in [6.45, 7) is 4.16. The Balaban J connectivity index is 1.70. The molecular weight excluding hydrogens is 419 g/mol. The summed E-state index contributed by atoms with van der Waals surface area (Å²) >= 11 is 5.83. The van der Waals surface area contributed by atoms with E-state index < -0.39 is 0 Å². The predicted molar refractivity (Wildman–Crippen MR) is 130 cm³/mol. The van der Waals surface area contributed by atoms with Crippen LogP contribution >= 0.6 is 12.2 Å². The van der Waals surface area contributed by atoms with Crippen molar-refractivity contribution in [3.05, 3.63) is 114 Å². The van der Waals surface area contributed by atoms with E-state index in [2.05, 4.69) is 47.2 Å². The fraction of sp³-hybridized carbons (Fsp3) is 0.154. The maximum atomic E-state index is 14.8. The Kier molecular flexibility index (Phi) is 5.23. The number of rotatable bonds is 4. The van der Waals surface area contributed by atoms with Gasteiger partial charge in [-0.1, -0.05) is 24.3 Å². The van der Waals surface area contributed by atoms with Crippen LogP contribution in [0.1, 0.15) is 34.6 Å². The molecule has 32 heavy (non-hydrogen) atoms. The first-order chi connectivity index (χ1) is 15.5. The summed E-state index contributed by atoms with van der Waals surface area (Å²) in [5.41, 5.74) is 5.64. The van der Waals surface area contributed by atoms with Crippen LogP contribution in [0.4, 0.5) is 10.1 Å². The highest BCUT2D eigenvalue weighted by molar-refractivity contribution is 7.80. The van der Waals surface area contributed by atoms with Gasteiger partial charge in [-0.2, -0.15) is 0 Å². The maximum absolute atomic E-state index is 14.8. The van der Waals surface area contributed by atoms with E-state index in [0.717, 1.165) is 28.2 Å². The van der Waals surface area contributed by atoms with Crippen LogP contribution in [-0.4, -0.2) is 14.7 Å². The molecule has 0 radical (unpaired) electrons. The molecule has 6 heteroatoms. The van der Waals surface area contributed by atoms with Crippen molar-refractivity contribution in [1.29, 1.82) is 0 Å². The third-order valence-electron chi connectivity index (χ3n) is 5.78. The van der Waals surface area contributed by atoms with Crippen molar-refractivity contribution in [3.63, 3.8) is 0 Å². The van der Waals surface area contributed by atoms with E-state index in [9.17, 15) is 4.39 Å². The molecule has 2 unspecified atom stereocenters. The van der Waals surface area contributed by atoms with E-state index in [1.165, 1.54) is 6.07 Å². The molecule has 0 aliphatic carbocycles. The van der Waals surface area contributed by atoms with Gasteiger partial charge in [0.05, 0.1) is 17.4 Å². The Morgan fingerprint density at radius 3 is 2.41 bits per heavy atom. The lowest BCUT2D eigenvalue weighted by Crippen LogP contribution is -2.30. The van der Waals surface area contributed by atoms with Crippen LogP contribution in [0, 0.1) is 19.7 Å². The molecule has 1 aliphatic heterocycles. The molecule has 1 N–H and O–H groups in total. The van der Waals surface area contributed by atoms with Gasteiger partial charge in [0.2, 0.25) is 0 Å². The van der Waals surface area contributed by atoms with Crippen molar-refractivity contribution in [2.24, 2.45) is 0 Å². The first-order valence-corrected chi connectivity index (χ1v) is 10.9. The number of para-hydroxylation sites is 1. The first-order valence-electron chi connectivity index (χ1n) is 10.5. The molecular formula is C26H23FN4S. The number of thiocarbonyl (C=S) groups is 1. The van der Waals surface area contributed by atoms with Gasteiger partial charge in [0.25, 0.3) is 0 Å². The van der Waals surface area contributed by atoms with E-state index in [4.69, 9.17) is 12.2 Å². The van der Waals surface area contributed by atoms with E-state index in [-0.39, 0.29) is 17.9 Å². The Morgan fingerprint density at radius 1 is 0.938 bits per heavy atom. The van der Waals surface area contributed by atoms with Gasteiger partial charge in [-0.15, -0.1) is 0 Å². The van der Waals surface area contributed by atoms with Gasteiger partial charge in [-0.25, -0.2) is 4.39 Å². The van der Waals surface area contributed by atoms with Crippen LogP contribution < -0.4 is 10.2 Å². The SMILES string of the molecule is Cc1cc(C)cc(N2C(=S)NC(c3ccccn3)C2c2cccn2-c2ccccc2F)c1. The highest BCUT2D eigenvalue weighted by atomic mass is 32.1. The molecule has 4 nitrogen and oxygen atoms in total. The first kappa shape index (κ1) is 20.4. The number of aromatic nitrogens is 2. The van der Waals surface area contributed by atoms with Gasteiger partial charge < -0.3 is 14.8 Å². The summed E-state index contributed by atoms with van der Waals surface area (Å²) in [5.74, 6) is -0.272. The fourth-order valence-electron chi connectivity index (χ4n) is 4.52. The predicted octanol–water partition coefficient (Wildman–Crippen LogP) is 5.81. The van der Waals surface area contributed by atoms with E-state index in [1.54, 1.807) is 18.3 Å². The standard InChI is InChI=1S/C26H23FN4S/c1-17-14-18(2)16-19(15-17)31-25(24(29-26(31)32)21-9-5-6-12-28-21)23-11-7-13-30(23)22-10-4-3-8-20(22)27/h3-16,24-25H,1-2H3,(H,29,32). The second-order valence-corrected chi connectivity index (χ2v) is 8.48. The van der Waals surface area contributed by atoms with Crippen molar-refractivity contribution in [3.8, 4) is 5.69 Å². The number of benzene rings is 2. The lowest BCUT2D eigenvalue weighted by atomic mass is 10.00. The lowest BCUT2D eigenvalue weighted by molar-refractivity contribution is 0.544. The zero-order valence-corrected chi connectivity index (χ0v) is 18.7. The monoisotopic (exact) mass is 442 g/mol. The largest absolute Gasteiger partial charge is 0.351 e. The smallest absolute Gasteiger partial charge is 0.174 e. The lowest BCUT2D eigenvalue weighted by Gasteiger charge is -2.29. The summed E-state index contributed by atoms with van der Waals surface area (Å²) in [4.78, 5) is 6.73. The van der Waals surface area contributed by atoms with Gasteiger partial charge in [0.15, 0.2) is 5.11 Å². The van der Waals surface area contributed by atoms with Crippen molar-refractivity contribution in [2.75, 3.05) is 4.90 Å². The average molecular weight is 443 g/mol. The fourth-order valence-corrected chi connectivity index (χ4v) is 4.87. The number of hydrogen-bond acceptors (Lipinski definition) is 2. The average Bonchev–Trinajstić information content (AvgIpc) is 3.38.